The highest BCUT2D eigenvalue weighted by atomic mass is 32.2. The van der Waals surface area contributed by atoms with E-state index in [1.807, 2.05) is 0 Å². The van der Waals surface area contributed by atoms with Gasteiger partial charge in [-0.15, -0.1) is 10.2 Å². The summed E-state index contributed by atoms with van der Waals surface area (Å²) < 4.78 is 99.2. The maximum Gasteiger partial charge on any atom is 0.314 e. The van der Waals surface area contributed by atoms with Gasteiger partial charge in [0.1, 0.15) is 5.82 Å². The van der Waals surface area contributed by atoms with Gasteiger partial charge in [-0.25, -0.2) is 21.6 Å². The molecular weight excluding hydrogens is 475 g/mol. The first-order chi connectivity index (χ1) is 15.5. The van der Waals surface area contributed by atoms with E-state index in [2.05, 4.69) is 10.2 Å². The Bertz CT molecular complexity index is 1230. The lowest BCUT2D eigenvalue weighted by molar-refractivity contribution is 0.0164. The molecule has 33 heavy (non-hydrogen) atoms. The van der Waals surface area contributed by atoms with Crippen LogP contribution in [0.5, 0.6) is 0 Å². The first-order valence-electron chi connectivity index (χ1n) is 10.1. The Labute approximate surface area is 184 Å². The van der Waals surface area contributed by atoms with Crippen LogP contribution in [-0.2, 0) is 16.6 Å². The van der Waals surface area contributed by atoms with Crippen molar-refractivity contribution < 1.29 is 39.6 Å². The Kier molecular flexibility index (Phi) is 5.01. The summed E-state index contributed by atoms with van der Waals surface area (Å²) >= 11 is 0. The van der Waals surface area contributed by atoms with Gasteiger partial charge < -0.3 is 9.32 Å². The van der Waals surface area contributed by atoms with E-state index in [1.165, 1.54) is 6.07 Å². The molecule has 0 N–H and O–H groups in total. The van der Waals surface area contributed by atoms with Gasteiger partial charge >= 0.3 is 6.43 Å². The molecule has 1 aromatic carbocycles. The van der Waals surface area contributed by atoms with Crippen LogP contribution in [0, 0.1) is 5.82 Å². The number of sulfonamides is 1. The van der Waals surface area contributed by atoms with Gasteiger partial charge in [-0.05, 0) is 25.0 Å². The number of fused-ring (bicyclic) bond motifs is 1. The second-order valence-electron chi connectivity index (χ2n) is 8.42. The zero-order chi connectivity index (χ0) is 23.7. The van der Waals surface area contributed by atoms with Crippen LogP contribution in [-0.4, -0.2) is 64.0 Å². The van der Waals surface area contributed by atoms with Gasteiger partial charge in [-0.1, -0.05) is 0 Å². The zero-order valence-electron chi connectivity index (χ0n) is 16.8. The molecule has 1 aromatic heterocycles. The van der Waals surface area contributed by atoms with Crippen LogP contribution >= 0.6 is 0 Å². The average molecular weight is 492 g/mol. The maximum absolute atomic E-state index is 14.7. The Morgan fingerprint density at radius 2 is 1.94 bits per heavy atom. The third-order valence-corrected chi connectivity index (χ3v) is 8.36. The Balaban J connectivity index is 1.40. The Morgan fingerprint density at radius 3 is 2.58 bits per heavy atom. The number of rotatable bonds is 6. The standard InChI is InChI=1S/C19H17F5N4O4S/c20-14-4-9(16-25-26-17(32-16)15(21)22)3-12-13(14)7-27(18(12)29)6-10-5-19(23,24)8-28(10)33(30,31)11-1-2-11/h3-4,10-11,15H,1-2,5-8H2/t10-/m1/s1. The topological polar surface area (TPSA) is 96.6 Å². The molecule has 2 fully saturated rings. The number of hydrogen-bond donors (Lipinski definition) is 0. The molecule has 0 bridgehead atoms. The number of nitrogens with zero attached hydrogens (tertiary/aromatic N) is 4. The molecular formula is C19H17F5N4O4S. The number of aromatic nitrogens is 2. The highest BCUT2D eigenvalue weighted by Crippen LogP contribution is 2.41. The summed E-state index contributed by atoms with van der Waals surface area (Å²) in [5.74, 6) is -6.14. The van der Waals surface area contributed by atoms with Crippen molar-refractivity contribution >= 4 is 15.9 Å². The molecule has 0 unspecified atom stereocenters. The van der Waals surface area contributed by atoms with Crippen LogP contribution in [0.25, 0.3) is 11.5 Å². The number of alkyl halides is 4. The smallest absolute Gasteiger partial charge is 0.314 e. The third-order valence-electron chi connectivity index (χ3n) is 5.97. The maximum atomic E-state index is 14.7. The van der Waals surface area contributed by atoms with E-state index in [0.717, 1.165) is 15.3 Å². The zero-order valence-corrected chi connectivity index (χ0v) is 17.7. The largest absolute Gasteiger partial charge is 0.415 e. The molecule has 8 nitrogen and oxygen atoms in total. The summed E-state index contributed by atoms with van der Waals surface area (Å²) in [4.78, 5) is 14.0. The summed E-state index contributed by atoms with van der Waals surface area (Å²) in [5.41, 5.74) is -0.215. The summed E-state index contributed by atoms with van der Waals surface area (Å²) in [6.07, 6.45) is -2.96. The van der Waals surface area contributed by atoms with Crippen LogP contribution < -0.4 is 0 Å². The van der Waals surface area contributed by atoms with Gasteiger partial charge in [0.15, 0.2) is 0 Å². The normalized spacial score (nSPS) is 23.0. The molecule has 1 saturated heterocycles. The summed E-state index contributed by atoms with van der Waals surface area (Å²) in [5, 5.41) is 5.91. The molecule has 1 saturated carbocycles. The second kappa shape index (κ2) is 7.45. The highest BCUT2D eigenvalue weighted by molar-refractivity contribution is 7.90. The van der Waals surface area contributed by atoms with Crippen LogP contribution in [0.3, 0.4) is 0 Å². The van der Waals surface area contributed by atoms with Crippen molar-refractivity contribution in [1.29, 1.82) is 0 Å². The molecule has 0 radical (unpaired) electrons. The average Bonchev–Trinajstić information content (AvgIpc) is 3.28. The number of benzene rings is 1. The molecule has 3 heterocycles. The fourth-order valence-electron chi connectivity index (χ4n) is 4.26. The first kappa shape index (κ1) is 22.2. The quantitative estimate of drug-likeness (QED) is 0.576. The van der Waals surface area contributed by atoms with E-state index >= 15 is 0 Å². The summed E-state index contributed by atoms with van der Waals surface area (Å²) in [7, 11) is -3.92. The molecule has 14 heteroatoms. The minimum absolute atomic E-state index is 0.0151. The van der Waals surface area contributed by atoms with E-state index < -0.39 is 70.1 Å². The Morgan fingerprint density at radius 1 is 1.21 bits per heavy atom. The number of hydrogen-bond acceptors (Lipinski definition) is 6. The minimum Gasteiger partial charge on any atom is -0.415 e. The fourth-order valence-corrected chi connectivity index (χ4v) is 6.31. The van der Waals surface area contributed by atoms with Crippen molar-refractivity contribution in [2.75, 3.05) is 13.1 Å². The van der Waals surface area contributed by atoms with Crippen LogP contribution in [0.4, 0.5) is 22.0 Å². The lowest BCUT2D eigenvalue weighted by Crippen LogP contribution is -2.44. The molecule has 2 aromatic rings. The lowest BCUT2D eigenvalue weighted by Gasteiger charge is -2.27. The monoisotopic (exact) mass is 492 g/mol. The summed E-state index contributed by atoms with van der Waals surface area (Å²) in [6.45, 7) is -1.53. The summed E-state index contributed by atoms with van der Waals surface area (Å²) in [6, 6.07) is 1.01. The SMILES string of the molecule is O=C1c2cc(-c3nnc(C(F)F)o3)cc(F)c2CN1C[C@H]1CC(F)(F)CN1S(=O)(=O)C1CC1. The van der Waals surface area contributed by atoms with Gasteiger partial charge in [0, 0.05) is 42.2 Å². The van der Waals surface area contributed by atoms with Crippen molar-refractivity contribution in [3.05, 3.63) is 35.0 Å². The van der Waals surface area contributed by atoms with Crippen molar-refractivity contribution in [1.82, 2.24) is 19.4 Å². The highest BCUT2D eigenvalue weighted by Gasteiger charge is 2.54. The van der Waals surface area contributed by atoms with Gasteiger partial charge in [0.25, 0.3) is 17.7 Å². The van der Waals surface area contributed by atoms with Crippen molar-refractivity contribution in [2.24, 2.45) is 0 Å². The molecule has 178 valence electrons. The van der Waals surface area contributed by atoms with Crippen LogP contribution in [0.2, 0.25) is 0 Å². The van der Waals surface area contributed by atoms with E-state index in [9.17, 15) is 35.2 Å². The van der Waals surface area contributed by atoms with E-state index in [0.29, 0.717) is 12.8 Å². The fraction of sp³-hybridized carbons (Fsp3) is 0.526. The third kappa shape index (κ3) is 3.88. The number of amides is 1. The van der Waals surface area contributed by atoms with Crippen LogP contribution in [0.1, 0.15) is 47.5 Å². The molecule has 1 amide bonds. The molecule has 5 rings (SSSR count). The molecule has 0 spiro atoms. The molecule has 1 atom stereocenters. The Hall–Kier alpha value is -2.61. The predicted octanol–water partition coefficient (Wildman–Crippen LogP) is 2.97. The van der Waals surface area contributed by atoms with Gasteiger partial charge in [0.2, 0.25) is 15.9 Å². The molecule has 3 aliphatic rings. The predicted molar refractivity (Wildman–Crippen MR) is 101 cm³/mol. The molecule has 1 aliphatic carbocycles. The lowest BCUT2D eigenvalue weighted by atomic mass is 10.1. The van der Waals surface area contributed by atoms with Crippen LogP contribution in [0.15, 0.2) is 16.5 Å². The molecule has 2 aliphatic heterocycles. The number of carbonyl (C=O) groups is 1. The van der Waals surface area contributed by atoms with Crippen molar-refractivity contribution in [3.8, 4) is 11.5 Å². The van der Waals surface area contributed by atoms with Gasteiger partial charge in [0.05, 0.1) is 11.8 Å². The second-order valence-corrected chi connectivity index (χ2v) is 10.6. The van der Waals surface area contributed by atoms with Crippen molar-refractivity contribution in [3.63, 3.8) is 0 Å². The van der Waals surface area contributed by atoms with Crippen molar-refractivity contribution in [2.45, 2.75) is 49.4 Å². The van der Waals surface area contributed by atoms with Gasteiger partial charge in [-0.3, -0.25) is 4.79 Å². The van der Waals surface area contributed by atoms with E-state index in [-0.39, 0.29) is 29.8 Å². The van der Waals surface area contributed by atoms with Gasteiger partial charge in [-0.2, -0.15) is 13.1 Å². The first-order valence-corrected chi connectivity index (χ1v) is 11.6. The minimum atomic E-state index is -3.92. The van der Waals surface area contributed by atoms with E-state index in [1.54, 1.807) is 0 Å². The number of carbonyl (C=O) groups excluding carboxylic acids is 1. The number of halogens is 5. The van der Waals surface area contributed by atoms with E-state index in [4.69, 9.17) is 4.42 Å².